The van der Waals surface area contributed by atoms with E-state index in [0.29, 0.717) is 23.6 Å². The van der Waals surface area contributed by atoms with Gasteiger partial charge < -0.3 is 14.8 Å². The van der Waals surface area contributed by atoms with Crippen LogP contribution in [-0.2, 0) is 4.79 Å². The molecule has 2 rings (SSSR count). The maximum atomic E-state index is 12.4. The Morgan fingerprint density at radius 2 is 1.88 bits per heavy atom. The summed E-state index contributed by atoms with van der Waals surface area (Å²) in [7, 11) is 1.59. The third-order valence-electron chi connectivity index (χ3n) is 3.34. The first-order valence-corrected chi connectivity index (χ1v) is 8.05. The Morgan fingerprint density at radius 1 is 1.15 bits per heavy atom. The zero-order valence-corrected chi connectivity index (χ0v) is 14.9. The molecule has 0 saturated carbocycles. The third-order valence-corrected chi connectivity index (χ3v) is 3.34. The van der Waals surface area contributed by atoms with Gasteiger partial charge in [-0.25, -0.2) is 5.43 Å². The lowest BCUT2D eigenvalue weighted by atomic mass is 10.1. The van der Waals surface area contributed by atoms with Crippen molar-refractivity contribution >= 4 is 23.7 Å². The fourth-order valence-electron chi connectivity index (χ4n) is 2.18. The van der Waals surface area contributed by atoms with Crippen LogP contribution in [0, 0.1) is 0 Å². The molecule has 0 unspecified atom stereocenters. The number of anilines is 1. The number of hydrogen-bond donors (Lipinski definition) is 2. The van der Waals surface area contributed by atoms with E-state index in [2.05, 4.69) is 15.8 Å². The molecule has 0 aliphatic rings. The Balaban J connectivity index is 2.09. The molecule has 2 N–H and O–H groups in total. The second kappa shape index (κ2) is 9.22. The summed E-state index contributed by atoms with van der Waals surface area (Å²) in [5.41, 5.74) is 4.17. The molecule has 7 nitrogen and oxygen atoms in total. The molecule has 0 heterocycles. The van der Waals surface area contributed by atoms with E-state index in [9.17, 15) is 9.59 Å². The maximum absolute atomic E-state index is 12.4. The molecule has 0 aromatic heterocycles. The molecule has 0 spiro atoms. The first kappa shape index (κ1) is 19.0. The summed E-state index contributed by atoms with van der Waals surface area (Å²) in [5.74, 6) is 0.504. The van der Waals surface area contributed by atoms with Crippen LogP contribution >= 0.6 is 0 Å². The predicted octanol–water partition coefficient (Wildman–Crippen LogP) is 2.82. The summed E-state index contributed by atoms with van der Waals surface area (Å²) in [6.07, 6.45) is 1.53. The lowest BCUT2D eigenvalue weighted by molar-refractivity contribution is -0.114. The number of carbonyl (C=O) groups excluding carboxylic acids is 2. The van der Waals surface area contributed by atoms with E-state index < -0.39 is 5.91 Å². The van der Waals surface area contributed by atoms with E-state index >= 15 is 0 Å². The molecule has 26 heavy (non-hydrogen) atoms. The van der Waals surface area contributed by atoms with E-state index in [1.165, 1.54) is 13.1 Å². The standard InChI is InChI=1S/C19H21N3O4/c1-4-26-18-11-15(21-13(2)23)7-10-17(18)19(24)22-20-12-14-5-8-16(25-3)9-6-14/h5-12H,4H2,1-3H3,(H,21,23)(H,22,24)/b20-12-. The molecule has 0 aliphatic carbocycles. The molecule has 0 radical (unpaired) electrons. The van der Waals surface area contributed by atoms with Gasteiger partial charge in [-0.15, -0.1) is 0 Å². The highest BCUT2D eigenvalue weighted by Crippen LogP contribution is 2.23. The molecule has 2 aromatic carbocycles. The van der Waals surface area contributed by atoms with Gasteiger partial charge in [-0.3, -0.25) is 9.59 Å². The minimum Gasteiger partial charge on any atom is -0.497 e. The van der Waals surface area contributed by atoms with Crippen molar-refractivity contribution in [2.75, 3.05) is 19.0 Å². The average Bonchev–Trinajstić information content (AvgIpc) is 2.62. The molecule has 0 atom stereocenters. The quantitative estimate of drug-likeness (QED) is 0.590. The van der Waals surface area contributed by atoms with E-state index in [0.717, 1.165) is 11.3 Å². The molecular weight excluding hydrogens is 334 g/mol. The average molecular weight is 355 g/mol. The van der Waals surface area contributed by atoms with Gasteiger partial charge in [-0.1, -0.05) is 0 Å². The van der Waals surface area contributed by atoms with Crippen LogP contribution < -0.4 is 20.2 Å². The van der Waals surface area contributed by atoms with E-state index in [-0.39, 0.29) is 5.91 Å². The Labute approximate surface area is 152 Å². The molecule has 2 amide bonds. The van der Waals surface area contributed by atoms with Crippen molar-refractivity contribution in [2.24, 2.45) is 5.10 Å². The van der Waals surface area contributed by atoms with Gasteiger partial charge in [0.1, 0.15) is 11.5 Å². The largest absolute Gasteiger partial charge is 0.497 e. The zero-order chi connectivity index (χ0) is 18.9. The Bertz CT molecular complexity index is 801. The highest BCUT2D eigenvalue weighted by molar-refractivity contribution is 5.98. The monoisotopic (exact) mass is 355 g/mol. The second-order valence-electron chi connectivity index (χ2n) is 5.30. The zero-order valence-electron chi connectivity index (χ0n) is 14.9. The van der Waals surface area contributed by atoms with Crippen LogP contribution in [0.4, 0.5) is 5.69 Å². The van der Waals surface area contributed by atoms with Crippen LogP contribution in [-0.4, -0.2) is 31.7 Å². The first-order chi connectivity index (χ1) is 12.5. The number of carbonyl (C=O) groups is 2. The third kappa shape index (κ3) is 5.34. The van der Waals surface area contributed by atoms with Gasteiger partial charge in [0, 0.05) is 18.7 Å². The number of ether oxygens (including phenoxy) is 2. The highest BCUT2D eigenvalue weighted by atomic mass is 16.5. The van der Waals surface area contributed by atoms with Crippen LogP contribution in [0.3, 0.4) is 0 Å². The SMILES string of the molecule is CCOc1cc(NC(C)=O)ccc1C(=O)N/N=C\c1ccc(OC)cc1. The minimum atomic E-state index is -0.410. The number of nitrogens with one attached hydrogen (secondary N) is 2. The highest BCUT2D eigenvalue weighted by Gasteiger charge is 2.13. The molecule has 2 aromatic rings. The summed E-state index contributed by atoms with van der Waals surface area (Å²) in [6.45, 7) is 3.61. The summed E-state index contributed by atoms with van der Waals surface area (Å²) in [6, 6.07) is 12.1. The summed E-state index contributed by atoms with van der Waals surface area (Å²) in [4.78, 5) is 23.5. The van der Waals surface area contributed by atoms with Gasteiger partial charge in [-0.05, 0) is 48.9 Å². The van der Waals surface area contributed by atoms with Crippen molar-refractivity contribution in [1.29, 1.82) is 0 Å². The summed E-state index contributed by atoms with van der Waals surface area (Å²) >= 11 is 0. The minimum absolute atomic E-state index is 0.200. The predicted molar refractivity (Wildman–Crippen MR) is 100.0 cm³/mol. The van der Waals surface area contributed by atoms with Gasteiger partial charge in [0.25, 0.3) is 5.91 Å². The van der Waals surface area contributed by atoms with Crippen molar-refractivity contribution in [2.45, 2.75) is 13.8 Å². The second-order valence-corrected chi connectivity index (χ2v) is 5.30. The molecule has 0 bridgehead atoms. The number of amides is 2. The van der Waals surface area contributed by atoms with Crippen molar-refractivity contribution in [3.8, 4) is 11.5 Å². The van der Waals surface area contributed by atoms with Crippen LogP contribution in [0.2, 0.25) is 0 Å². The van der Waals surface area contributed by atoms with Crippen molar-refractivity contribution in [3.63, 3.8) is 0 Å². The molecule has 0 aliphatic heterocycles. The van der Waals surface area contributed by atoms with Gasteiger partial charge in [-0.2, -0.15) is 5.10 Å². The molecular formula is C19H21N3O4. The smallest absolute Gasteiger partial charge is 0.275 e. The van der Waals surface area contributed by atoms with Crippen LogP contribution in [0.5, 0.6) is 11.5 Å². The van der Waals surface area contributed by atoms with E-state index in [1.807, 2.05) is 19.1 Å². The lowest BCUT2D eigenvalue weighted by Gasteiger charge is -2.11. The normalized spacial score (nSPS) is 10.4. The van der Waals surface area contributed by atoms with Crippen LogP contribution in [0.25, 0.3) is 0 Å². The Kier molecular flexibility index (Phi) is 6.73. The number of benzene rings is 2. The number of hydrazone groups is 1. The number of hydrogen-bond acceptors (Lipinski definition) is 5. The van der Waals surface area contributed by atoms with Crippen molar-refractivity contribution < 1.29 is 19.1 Å². The number of methoxy groups -OCH3 is 1. The maximum Gasteiger partial charge on any atom is 0.275 e. The Morgan fingerprint density at radius 3 is 2.50 bits per heavy atom. The van der Waals surface area contributed by atoms with Gasteiger partial charge in [0.05, 0.1) is 25.5 Å². The molecule has 7 heteroatoms. The summed E-state index contributed by atoms with van der Waals surface area (Å²) < 4.78 is 10.6. The Hall–Kier alpha value is -3.35. The first-order valence-electron chi connectivity index (χ1n) is 8.05. The number of rotatable bonds is 7. The van der Waals surface area contributed by atoms with E-state index in [1.54, 1.807) is 37.4 Å². The topological polar surface area (TPSA) is 89.0 Å². The van der Waals surface area contributed by atoms with Gasteiger partial charge in [0.2, 0.25) is 5.91 Å². The lowest BCUT2D eigenvalue weighted by Crippen LogP contribution is -2.19. The fraction of sp³-hybridized carbons (Fsp3) is 0.211. The molecule has 136 valence electrons. The van der Waals surface area contributed by atoms with Crippen LogP contribution in [0.15, 0.2) is 47.6 Å². The van der Waals surface area contributed by atoms with Crippen LogP contribution in [0.1, 0.15) is 29.8 Å². The number of nitrogens with zero attached hydrogens (tertiary/aromatic N) is 1. The molecule has 0 fully saturated rings. The fourth-order valence-corrected chi connectivity index (χ4v) is 2.18. The van der Waals surface area contributed by atoms with Crippen molar-refractivity contribution in [1.82, 2.24) is 5.43 Å². The van der Waals surface area contributed by atoms with Gasteiger partial charge >= 0.3 is 0 Å². The van der Waals surface area contributed by atoms with Gasteiger partial charge in [0.15, 0.2) is 0 Å². The molecule has 0 saturated heterocycles. The summed E-state index contributed by atoms with van der Waals surface area (Å²) in [5, 5.41) is 6.61. The van der Waals surface area contributed by atoms with Crippen molar-refractivity contribution in [3.05, 3.63) is 53.6 Å². The van der Waals surface area contributed by atoms with E-state index in [4.69, 9.17) is 9.47 Å².